The Balaban J connectivity index is 1.25. The largest absolute Gasteiger partial charge is 0.397 e. The lowest BCUT2D eigenvalue weighted by Crippen LogP contribution is -2.14. The van der Waals surface area contributed by atoms with Gasteiger partial charge in [0.2, 0.25) is 5.78 Å². The maximum atomic E-state index is 13.4. The molecule has 39 heavy (non-hydrogen) atoms. The molecule has 0 spiro atoms. The number of fused-ring (bicyclic) bond motifs is 2. The lowest BCUT2D eigenvalue weighted by Gasteiger charge is -2.24. The van der Waals surface area contributed by atoms with Crippen molar-refractivity contribution < 1.29 is 13.2 Å². The smallest absolute Gasteiger partial charge is 0.263 e. The van der Waals surface area contributed by atoms with Gasteiger partial charge in [-0.25, -0.2) is 13.4 Å². The Morgan fingerprint density at radius 3 is 2.51 bits per heavy atom. The predicted molar refractivity (Wildman–Crippen MR) is 153 cm³/mol. The first-order valence-electron chi connectivity index (χ1n) is 12.2. The van der Waals surface area contributed by atoms with E-state index in [1.54, 1.807) is 0 Å². The summed E-state index contributed by atoms with van der Waals surface area (Å²) in [5, 5.41) is 8.26. The fraction of sp³-hybridized carbons (Fsp3) is 0.143. The van der Waals surface area contributed by atoms with Crippen LogP contribution in [0.3, 0.4) is 0 Å². The summed E-state index contributed by atoms with van der Waals surface area (Å²) < 4.78 is 27.8. The molecule has 0 radical (unpaired) electrons. The third-order valence-electron chi connectivity index (χ3n) is 6.86. The minimum atomic E-state index is -3.94. The van der Waals surface area contributed by atoms with Crippen molar-refractivity contribution in [3.05, 3.63) is 105 Å². The maximum absolute atomic E-state index is 13.4. The first-order valence-corrected chi connectivity index (χ1v) is 14.9. The van der Waals surface area contributed by atoms with Crippen LogP contribution in [0.15, 0.2) is 77.7 Å². The van der Waals surface area contributed by atoms with Gasteiger partial charge in [-0.1, -0.05) is 41.9 Å². The van der Waals surface area contributed by atoms with Crippen LogP contribution in [0.1, 0.15) is 44.4 Å². The van der Waals surface area contributed by atoms with Gasteiger partial charge in [-0.3, -0.25) is 9.52 Å². The molecule has 1 aliphatic rings. The lowest BCUT2D eigenvalue weighted by molar-refractivity contribution is 0.104. The number of hydrogen-bond acceptors (Lipinski definition) is 8. The van der Waals surface area contributed by atoms with Crippen LogP contribution in [0.4, 0.5) is 11.5 Å². The number of nitrogens with zero attached hydrogens (tertiary/aromatic N) is 3. The molecular formula is C28H22ClN5O3S2. The molecule has 196 valence electrons. The molecule has 8 nitrogen and oxygen atoms in total. The van der Waals surface area contributed by atoms with Gasteiger partial charge in [0.05, 0.1) is 10.6 Å². The quantitative estimate of drug-likeness (QED) is 0.251. The van der Waals surface area contributed by atoms with Crippen LogP contribution in [-0.4, -0.2) is 29.4 Å². The zero-order chi connectivity index (χ0) is 27.1. The van der Waals surface area contributed by atoms with Gasteiger partial charge >= 0.3 is 0 Å². The summed E-state index contributed by atoms with van der Waals surface area (Å²) >= 11 is 6.97. The van der Waals surface area contributed by atoms with Gasteiger partial charge in [-0.05, 0) is 78.8 Å². The second kappa shape index (κ2) is 10.0. The molecule has 0 amide bonds. The molecule has 0 fully saturated rings. The molecule has 3 heterocycles. The molecule has 11 heteroatoms. The number of pyridine rings is 1. The van der Waals surface area contributed by atoms with Gasteiger partial charge in [0.25, 0.3) is 10.0 Å². The van der Waals surface area contributed by atoms with Gasteiger partial charge in [0.15, 0.2) is 11.0 Å². The molecule has 2 aromatic carbocycles. The molecule has 3 aromatic heterocycles. The molecular weight excluding hydrogens is 554 g/mol. The number of halogens is 1. The number of nitrogens with two attached hydrogens (primary N) is 1. The van der Waals surface area contributed by atoms with E-state index >= 15 is 0 Å². The van der Waals surface area contributed by atoms with Gasteiger partial charge in [-0.15, -0.1) is 21.5 Å². The summed E-state index contributed by atoms with van der Waals surface area (Å²) in [6.45, 7) is 0. The van der Waals surface area contributed by atoms with Crippen LogP contribution in [0.5, 0.6) is 0 Å². The van der Waals surface area contributed by atoms with E-state index in [4.69, 9.17) is 22.3 Å². The molecule has 0 bridgehead atoms. The van der Waals surface area contributed by atoms with Crippen molar-refractivity contribution in [2.45, 2.75) is 30.1 Å². The number of aryl methyl sites for hydroxylation is 1. The Morgan fingerprint density at radius 2 is 1.79 bits per heavy atom. The summed E-state index contributed by atoms with van der Waals surface area (Å²) in [4.78, 5) is 19.4. The van der Waals surface area contributed by atoms with Gasteiger partial charge in [0, 0.05) is 16.6 Å². The zero-order valence-electron chi connectivity index (χ0n) is 20.5. The Labute approximate surface area is 233 Å². The maximum Gasteiger partial charge on any atom is 0.263 e. The molecule has 0 saturated carbocycles. The van der Waals surface area contributed by atoms with Crippen molar-refractivity contribution >= 4 is 60.5 Å². The standard InChI is InChI=1S/C28H22ClN5O3S2/c29-23-12-13-24(33-32-23)34-39(36,37)20-9-6-17(7-10-20)26(35)27-25(30)21-15-19-14-18(16-4-2-1-3-5-16)8-11-22(19)31-28(21)38-27/h1-7,9-10,12-13,15,18H,8,11,14,30H2,(H,33,34). The van der Waals surface area contributed by atoms with E-state index in [1.165, 1.54) is 58.9 Å². The molecule has 0 saturated heterocycles. The summed E-state index contributed by atoms with van der Waals surface area (Å²) in [7, 11) is -3.94. The molecule has 0 aliphatic heterocycles. The number of anilines is 2. The van der Waals surface area contributed by atoms with Crippen molar-refractivity contribution in [2.75, 3.05) is 10.5 Å². The Morgan fingerprint density at radius 1 is 1.03 bits per heavy atom. The SMILES string of the molecule is Nc1c(C(=O)c2ccc(S(=O)(=O)Nc3ccc(Cl)nn3)cc2)sc2nc3c(cc12)CC(c1ccccc1)CC3. The van der Waals surface area contributed by atoms with Crippen LogP contribution in [-0.2, 0) is 22.9 Å². The van der Waals surface area contributed by atoms with Crippen LogP contribution in [0.2, 0.25) is 5.15 Å². The Bertz CT molecular complexity index is 1810. The first-order chi connectivity index (χ1) is 18.8. The second-order valence-corrected chi connectivity index (χ2v) is 12.4. The third kappa shape index (κ3) is 4.98. The fourth-order valence-corrected chi connectivity index (χ4v) is 7.01. The van der Waals surface area contributed by atoms with E-state index in [2.05, 4.69) is 45.3 Å². The second-order valence-electron chi connectivity index (χ2n) is 9.34. The number of rotatable bonds is 6. The Kier molecular flexibility index (Phi) is 6.54. The summed E-state index contributed by atoms with van der Waals surface area (Å²) in [5.41, 5.74) is 10.7. The number of aromatic nitrogens is 3. The summed E-state index contributed by atoms with van der Waals surface area (Å²) in [6.07, 6.45) is 2.78. The molecule has 6 rings (SSSR count). The van der Waals surface area contributed by atoms with E-state index in [0.717, 1.165) is 35.2 Å². The van der Waals surface area contributed by atoms with E-state index < -0.39 is 10.0 Å². The highest BCUT2D eigenvalue weighted by Crippen LogP contribution is 2.39. The number of sulfonamides is 1. The van der Waals surface area contributed by atoms with Gasteiger partial charge in [0.1, 0.15) is 9.71 Å². The van der Waals surface area contributed by atoms with Crippen molar-refractivity contribution in [1.82, 2.24) is 15.2 Å². The number of nitrogen functional groups attached to an aromatic ring is 1. The van der Waals surface area contributed by atoms with Gasteiger partial charge < -0.3 is 5.73 Å². The number of benzene rings is 2. The van der Waals surface area contributed by atoms with Crippen LogP contribution < -0.4 is 10.5 Å². The van der Waals surface area contributed by atoms with Gasteiger partial charge in [-0.2, -0.15) is 0 Å². The minimum absolute atomic E-state index is 0.0255. The number of hydrogen-bond donors (Lipinski definition) is 2. The fourth-order valence-electron chi connectivity index (χ4n) is 4.85. The third-order valence-corrected chi connectivity index (χ3v) is 9.55. The van der Waals surface area contributed by atoms with Crippen molar-refractivity contribution in [2.24, 2.45) is 0 Å². The lowest BCUT2D eigenvalue weighted by atomic mass is 9.82. The Hall–Kier alpha value is -3.86. The number of carbonyl (C=O) groups excluding carboxylic acids is 1. The predicted octanol–water partition coefficient (Wildman–Crippen LogP) is 5.63. The minimum Gasteiger partial charge on any atom is -0.397 e. The van der Waals surface area contributed by atoms with Crippen LogP contribution in [0.25, 0.3) is 10.2 Å². The average molecular weight is 576 g/mol. The first kappa shape index (κ1) is 25.4. The highest BCUT2D eigenvalue weighted by Gasteiger charge is 2.25. The van der Waals surface area contributed by atoms with Crippen LogP contribution in [0, 0.1) is 0 Å². The van der Waals surface area contributed by atoms with Crippen molar-refractivity contribution in [1.29, 1.82) is 0 Å². The molecule has 1 unspecified atom stereocenters. The molecule has 5 aromatic rings. The van der Waals surface area contributed by atoms with E-state index in [0.29, 0.717) is 22.0 Å². The number of ketones is 1. The van der Waals surface area contributed by atoms with E-state index in [1.807, 2.05) is 6.07 Å². The highest BCUT2D eigenvalue weighted by molar-refractivity contribution is 7.92. The summed E-state index contributed by atoms with van der Waals surface area (Å²) in [6, 6.07) is 21.1. The topological polar surface area (TPSA) is 128 Å². The molecule has 3 N–H and O–H groups in total. The van der Waals surface area contributed by atoms with E-state index in [-0.39, 0.29) is 21.6 Å². The monoisotopic (exact) mass is 575 g/mol. The van der Waals surface area contributed by atoms with E-state index in [9.17, 15) is 13.2 Å². The molecule has 1 aliphatic carbocycles. The van der Waals surface area contributed by atoms with Crippen LogP contribution >= 0.6 is 22.9 Å². The molecule has 1 atom stereocenters. The average Bonchev–Trinajstić information content (AvgIpc) is 3.27. The highest BCUT2D eigenvalue weighted by atomic mass is 35.5. The zero-order valence-corrected chi connectivity index (χ0v) is 22.9. The number of thiophene rings is 1. The van der Waals surface area contributed by atoms with Crippen molar-refractivity contribution in [3.63, 3.8) is 0 Å². The number of carbonyl (C=O) groups is 1. The van der Waals surface area contributed by atoms with Crippen molar-refractivity contribution in [3.8, 4) is 0 Å². The number of nitrogens with one attached hydrogen (secondary N) is 1. The summed E-state index contributed by atoms with van der Waals surface area (Å²) in [5.74, 6) is 0.175. The normalized spacial score (nSPS) is 15.2.